The summed E-state index contributed by atoms with van der Waals surface area (Å²) in [5.74, 6) is 0.551. The zero-order valence-electron chi connectivity index (χ0n) is 17.3. The number of aromatic nitrogens is 1. The van der Waals surface area contributed by atoms with Crippen molar-refractivity contribution in [1.82, 2.24) is 20.1 Å². The van der Waals surface area contributed by atoms with Crippen LogP contribution in [0, 0.1) is 0 Å². The summed E-state index contributed by atoms with van der Waals surface area (Å²) in [5, 5.41) is 3.74. The Balaban J connectivity index is 1.41. The Bertz CT molecular complexity index is 786. The second-order valence-corrected chi connectivity index (χ2v) is 7.68. The van der Waals surface area contributed by atoms with Crippen LogP contribution in [-0.4, -0.2) is 67.3 Å². The summed E-state index contributed by atoms with van der Waals surface area (Å²) in [5.41, 5.74) is 2.17. The van der Waals surface area contributed by atoms with Crippen molar-refractivity contribution in [3.63, 3.8) is 0 Å². The van der Waals surface area contributed by atoms with Crippen LogP contribution in [0.25, 0.3) is 0 Å². The lowest BCUT2D eigenvalue weighted by Crippen LogP contribution is -2.41. The molecule has 1 aliphatic rings. The third-order valence-corrected chi connectivity index (χ3v) is 5.23. The molecule has 3 rings (SSSR count). The lowest BCUT2D eigenvalue weighted by molar-refractivity contribution is 0.143. The largest absolute Gasteiger partial charge is 0.475 e. The van der Waals surface area contributed by atoms with E-state index in [9.17, 15) is 4.79 Å². The van der Waals surface area contributed by atoms with Crippen molar-refractivity contribution in [2.45, 2.75) is 19.5 Å². The van der Waals surface area contributed by atoms with Crippen LogP contribution in [0.3, 0.4) is 0 Å². The third-order valence-electron chi connectivity index (χ3n) is 4.97. The zero-order valence-corrected chi connectivity index (χ0v) is 18.1. The number of benzene rings is 1. The van der Waals surface area contributed by atoms with Crippen LogP contribution >= 0.6 is 11.6 Å². The van der Waals surface area contributed by atoms with Gasteiger partial charge in [-0.15, -0.1) is 0 Å². The number of nitrogens with one attached hydrogen (secondary N) is 1. The number of methoxy groups -OCH3 is 1. The number of urea groups is 1. The molecule has 162 valence electrons. The molecule has 1 fully saturated rings. The van der Waals surface area contributed by atoms with Crippen molar-refractivity contribution in [2.24, 2.45) is 0 Å². The summed E-state index contributed by atoms with van der Waals surface area (Å²) in [6.45, 7) is 5.59. The van der Waals surface area contributed by atoms with Gasteiger partial charge in [0.2, 0.25) is 5.88 Å². The Labute approximate surface area is 182 Å². The van der Waals surface area contributed by atoms with Crippen molar-refractivity contribution < 1.29 is 14.3 Å². The summed E-state index contributed by atoms with van der Waals surface area (Å²) in [4.78, 5) is 21.1. The van der Waals surface area contributed by atoms with Gasteiger partial charge in [-0.05, 0) is 29.7 Å². The number of hydrogen-bond donors (Lipinski definition) is 1. The molecule has 0 bridgehead atoms. The molecule has 1 aromatic heterocycles. The van der Waals surface area contributed by atoms with E-state index in [0.29, 0.717) is 32.2 Å². The fourth-order valence-electron chi connectivity index (χ4n) is 3.30. The Hall–Kier alpha value is -2.35. The summed E-state index contributed by atoms with van der Waals surface area (Å²) < 4.78 is 10.4. The number of amides is 2. The number of pyridine rings is 1. The number of hydrogen-bond acceptors (Lipinski definition) is 5. The van der Waals surface area contributed by atoms with Gasteiger partial charge in [0, 0.05) is 63.7 Å². The maximum atomic E-state index is 12.6. The minimum Gasteiger partial charge on any atom is -0.475 e. The van der Waals surface area contributed by atoms with Gasteiger partial charge >= 0.3 is 6.03 Å². The van der Waals surface area contributed by atoms with Crippen molar-refractivity contribution in [2.75, 3.05) is 46.5 Å². The van der Waals surface area contributed by atoms with Crippen molar-refractivity contribution in [1.29, 1.82) is 0 Å². The summed E-state index contributed by atoms with van der Waals surface area (Å²) in [6.07, 6.45) is 2.68. The summed E-state index contributed by atoms with van der Waals surface area (Å²) in [6, 6.07) is 11.6. The van der Waals surface area contributed by atoms with Crippen LogP contribution in [0.15, 0.2) is 42.6 Å². The molecule has 2 aromatic rings. The molecule has 0 spiro atoms. The van der Waals surface area contributed by atoms with E-state index in [0.717, 1.165) is 43.2 Å². The third kappa shape index (κ3) is 7.16. The van der Waals surface area contributed by atoms with E-state index in [-0.39, 0.29) is 6.03 Å². The normalized spacial score (nSPS) is 14.9. The minimum atomic E-state index is -0.0382. The van der Waals surface area contributed by atoms with E-state index >= 15 is 0 Å². The molecule has 0 radical (unpaired) electrons. The molecular weight excluding hydrogens is 404 g/mol. The highest BCUT2D eigenvalue weighted by molar-refractivity contribution is 6.30. The predicted molar refractivity (Wildman–Crippen MR) is 117 cm³/mol. The van der Waals surface area contributed by atoms with Gasteiger partial charge in [-0.3, -0.25) is 4.90 Å². The number of ether oxygens (including phenoxy) is 2. The molecule has 1 saturated heterocycles. The SMILES string of the molecule is COCCOc1ccc(CNC(=O)N2CCCN(Cc3ccc(Cl)cc3)CC2)cn1. The van der Waals surface area contributed by atoms with E-state index in [1.165, 1.54) is 5.56 Å². The first kappa shape index (κ1) is 22.3. The second kappa shape index (κ2) is 11.7. The molecule has 0 atom stereocenters. The molecule has 2 amide bonds. The lowest BCUT2D eigenvalue weighted by Gasteiger charge is -2.22. The van der Waals surface area contributed by atoms with Crippen molar-refractivity contribution in [3.8, 4) is 5.88 Å². The second-order valence-electron chi connectivity index (χ2n) is 7.25. The van der Waals surface area contributed by atoms with E-state index in [2.05, 4.69) is 27.3 Å². The first-order valence-corrected chi connectivity index (χ1v) is 10.6. The van der Waals surface area contributed by atoms with Gasteiger partial charge in [0.1, 0.15) is 6.61 Å². The van der Waals surface area contributed by atoms with E-state index in [1.807, 2.05) is 23.1 Å². The highest BCUT2D eigenvalue weighted by Crippen LogP contribution is 2.13. The summed E-state index contributed by atoms with van der Waals surface area (Å²) in [7, 11) is 1.63. The Morgan fingerprint density at radius 1 is 1.07 bits per heavy atom. The molecular formula is C22H29ClN4O3. The number of halogens is 1. The highest BCUT2D eigenvalue weighted by atomic mass is 35.5. The number of carbonyl (C=O) groups is 1. The van der Waals surface area contributed by atoms with Gasteiger partial charge in [-0.1, -0.05) is 29.8 Å². The van der Waals surface area contributed by atoms with Gasteiger partial charge in [-0.2, -0.15) is 0 Å². The Kier molecular flexibility index (Phi) is 8.74. The van der Waals surface area contributed by atoms with E-state index in [4.69, 9.17) is 21.1 Å². The van der Waals surface area contributed by atoms with Gasteiger partial charge in [0.05, 0.1) is 6.61 Å². The fraction of sp³-hybridized carbons (Fsp3) is 0.455. The van der Waals surface area contributed by atoms with Crippen LogP contribution in [0.1, 0.15) is 17.5 Å². The standard InChI is InChI=1S/C22H29ClN4O3/c1-29-13-14-30-21-8-5-19(15-24-21)16-25-22(28)27-10-2-9-26(11-12-27)17-18-3-6-20(23)7-4-18/h3-8,15H,2,9-14,16-17H2,1H3,(H,25,28). The average Bonchev–Trinajstić information content (AvgIpc) is 3.00. The molecule has 1 aromatic carbocycles. The van der Waals surface area contributed by atoms with Crippen molar-refractivity contribution >= 4 is 17.6 Å². The predicted octanol–water partition coefficient (Wildman–Crippen LogP) is 3.18. The van der Waals surface area contributed by atoms with Crippen LogP contribution in [0.2, 0.25) is 5.02 Å². The van der Waals surface area contributed by atoms with Gasteiger partial charge in [0.15, 0.2) is 0 Å². The topological polar surface area (TPSA) is 66.9 Å². The fourth-order valence-corrected chi connectivity index (χ4v) is 3.43. The number of carbonyl (C=O) groups excluding carboxylic acids is 1. The maximum absolute atomic E-state index is 12.6. The minimum absolute atomic E-state index is 0.0382. The van der Waals surface area contributed by atoms with E-state index < -0.39 is 0 Å². The highest BCUT2D eigenvalue weighted by Gasteiger charge is 2.19. The Morgan fingerprint density at radius 2 is 1.87 bits per heavy atom. The van der Waals surface area contributed by atoms with E-state index in [1.54, 1.807) is 19.4 Å². The first-order chi connectivity index (χ1) is 14.6. The van der Waals surface area contributed by atoms with Gasteiger partial charge in [0.25, 0.3) is 0 Å². The lowest BCUT2D eigenvalue weighted by atomic mass is 10.2. The molecule has 1 aliphatic heterocycles. The maximum Gasteiger partial charge on any atom is 0.317 e. The molecule has 0 saturated carbocycles. The first-order valence-electron chi connectivity index (χ1n) is 10.2. The van der Waals surface area contributed by atoms with Gasteiger partial charge < -0.3 is 19.7 Å². The molecule has 30 heavy (non-hydrogen) atoms. The summed E-state index contributed by atoms with van der Waals surface area (Å²) >= 11 is 5.96. The molecule has 8 heteroatoms. The Morgan fingerprint density at radius 3 is 2.60 bits per heavy atom. The number of rotatable bonds is 8. The monoisotopic (exact) mass is 432 g/mol. The molecule has 0 aliphatic carbocycles. The van der Waals surface area contributed by atoms with Crippen LogP contribution in [0.5, 0.6) is 5.88 Å². The molecule has 2 heterocycles. The average molecular weight is 433 g/mol. The van der Waals surface area contributed by atoms with Crippen molar-refractivity contribution in [3.05, 3.63) is 58.7 Å². The number of nitrogens with zero attached hydrogens (tertiary/aromatic N) is 3. The smallest absolute Gasteiger partial charge is 0.317 e. The molecule has 0 unspecified atom stereocenters. The van der Waals surface area contributed by atoms with Crippen LogP contribution in [0.4, 0.5) is 4.79 Å². The van der Waals surface area contributed by atoms with Crippen LogP contribution in [-0.2, 0) is 17.8 Å². The zero-order chi connectivity index (χ0) is 21.2. The van der Waals surface area contributed by atoms with Gasteiger partial charge in [-0.25, -0.2) is 9.78 Å². The molecule has 7 nitrogen and oxygen atoms in total. The molecule has 1 N–H and O–H groups in total. The quantitative estimate of drug-likeness (QED) is 0.649. The van der Waals surface area contributed by atoms with Crippen LogP contribution < -0.4 is 10.1 Å².